The van der Waals surface area contributed by atoms with Gasteiger partial charge in [0, 0.05) is 13.0 Å². The molecule has 4 N–H and O–H groups in total. The van der Waals surface area contributed by atoms with Gasteiger partial charge in [0.25, 0.3) is 0 Å². The maximum atomic E-state index is 12.8. The van der Waals surface area contributed by atoms with Crippen LogP contribution in [0.4, 0.5) is 0 Å². The summed E-state index contributed by atoms with van der Waals surface area (Å²) in [7, 11) is 0. The Kier molecular flexibility index (Phi) is 18.2. The molecule has 0 unspecified atom stereocenters. The fourth-order valence-corrected chi connectivity index (χ4v) is 4.88. The summed E-state index contributed by atoms with van der Waals surface area (Å²) in [6.07, 6.45) is 19.3. The Morgan fingerprint density at radius 3 is 2.06 bits per heavy atom. The van der Waals surface area contributed by atoms with Crippen LogP contribution in [0.15, 0.2) is 4.99 Å². The van der Waals surface area contributed by atoms with Gasteiger partial charge in [-0.15, -0.1) is 0 Å². The van der Waals surface area contributed by atoms with Crippen molar-refractivity contribution < 1.29 is 19.1 Å². The summed E-state index contributed by atoms with van der Waals surface area (Å²) in [5.74, 6) is -0.434. The molecule has 0 aromatic heterocycles. The van der Waals surface area contributed by atoms with Gasteiger partial charge in [0.1, 0.15) is 12.2 Å². The fraction of sp³-hybridized carbons (Fsp3) is 0.897. The van der Waals surface area contributed by atoms with Crippen LogP contribution in [0, 0.1) is 11.8 Å². The molecule has 1 aliphatic heterocycles. The van der Waals surface area contributed by atoms with Crippen LogP contribution < -0.4 is 11.5 Å². The molecule has 36 heavy (non-hydrogen) atoms. The first-order valence-electron chi connectivity index (χ1n) is 14.8. The monoisotopic (exact) mass is 509 g/mol. The van der Waals surface area contributed by atoms with Crippen LogP contribution in [0.5, 0.6) is 0 Å². The Hall–Kier alpha value is -1.79. The maximum Gasteiger partial charge on any atom is 0.313 e. The molecular weight excluding hydrogens is 454 g/mol. The van der Waals surface area contributed by atoms with Gasteiger partial charge in [-0.3, -0.25) is 14.6 Å². The van der Waals surface area contributed by atoms with Crippen LogP contribution in [-0.4, -0.2) is 36.7 Å². The van der Waals surface area contributed by atoms with Gasteiger partial charge in [-0.25, -0.2) is 0 Å². The molecule has 0 bridgehead atoms. The Labute approximate surface area is 220 Å². The molecule has 1 rings (SSSR count). The van der Waals surface area contributed by atoms with Gasteiger partial charge in [-0.1, -0.05) is 97.8 Å². The molecule has 1 saturated heterocycles. The molecule has 0 radical (unpaired) electrons. The van der Waals surface area contributed by atoms with Crippen LogP contribution >= 0.6 is 0 Å². The number of hydrogen-bond acceptors (Lipinski definition) is 5. The minimum atomic E-state index is -0.210. The van der Waals surface area contributed by atoms with Gasteiger partial charge >= 0.3 is 11.9 Å². The first kappa shape index (κ1) is 32.2. The highest BCUT2D eigenvalue weighted by Gasteiger charge is 2.43. The number of aliphatic imine (C=N–C) groups is 1. The quantitative estimate of drug-likeness (QED) is 0.0711. The number of esters is 2. The number of carbonyl (C=O) groups is 2. The van der Waals surface area contributed by atoms with Crippen molar-refractivity contribution in [2.45, 2.75) is 149 Å². The average Bonchev–Trinajstić information content (AvgIpc) is 2.84. The highest BCUT2D eigenvalue weighted by Crippen LogP contribution is 2.33. The van der Waals surface area contributed by atoms with E-state index in [9.17, 15) is 9.59 Å². The summed E-state index contributed by atoms with van der Waals surface area (Å²) < 4.78 is 11.5. The second-order valence-corrected chi connectivity index (χ2v) is 10.7. The first-order chi connectivity index (χ1) is 17.4. The van der Waals surface area contributed by atoms with Crippen LogP contribution in [0.25, 0.3) is 0 Å². The molecule has 4 atom stereocenters. The normalized spacial score (nSPS) is 18.7. The van der Waals surface area contributed by atoms with Gasteiger partial charge in [0.05, 0.1) is 11.8 Å². The highest BCUT2D eigenvalue weighted by atomic mass is 16.6. The van der Waals surface area contributed by atoms with Gasteiger partial charge < -0.3 is 20.9 Å². The van der Waals surface area contributed by atoms with E-state index in [2.05, 4.69) is 18.8 Å². The van der Waals surface area contributed by atoms with Crippen molar-refractivity contribution in [3.05, 3.63) is 0 Å². The van der Waals surface area contributed by atoms with Crippen molar-refractivity contribution in [1.82, 2.24) is 0 Å². The lowest BCUT2D eigenvalue weighted by atomic mass is 9.86. The minimum absolute atomic E-state index is 0.0387. The standard InChI is InChI=1S/C29H55N3O4/c1-4-6-8-10-11-12-13-14-15-19-24(35-27(33)23(3)18-17-21-32-29(30)31)22-26-25(28(34)36-26)20-16-9-7-5-2/h23-26H,4-22H2,1-3H3,(H4,30,31,32)/t23-,24-,25-,26-/m0/s1. The molecule has 0 spiro atoms. The smallest absolute Gasteiger partial charge is 0.313 e. The molecule has 1 aliphatic rings. The number of hydrogen-bond donors (Lipinski definition) is 2. The van der Waals surface area contributed by atoms with E-state index in [0.717, 1.165) is 44.9 Å². The van der Waals surface area contributed by atoms with E-state index in [0.29, 0.717) is 19.4 Å². The van der Waals surface area contributed by atoms with Crippen LogP contribution in [0.2, 0.25) is 0 Å². The molecule has 0 saturated carbocycles. The van der Waals surface area contributed by atoms with Crippen LogP contribution in [-0.2, 0) is 19.1 Å². The van der Waals surface area contributed by atoms with Crippen molar-refractivity contribution in [1.29, 1.82) is 0 Å². The first-order valence-corrected chi connectivity index (χ1v) is 14.8. The van der Waals surface area contributed by atoms with Gasteiger partial charge in [0.2, 0.25) is 0 Å². The summed E-state index contributed by atoms with van der Waals surface area (Å²) in [5, 5.41) is 0. The molecule has 7 heteroatoms. The van der Waals surface area contributed by atoms with E-state index in [-0.39, 0.29) is 41.9 Å². The van der Waals surface area contributed by atoms with Crippen LogP contribution in [0.1, 0.15) is 136 Å². The Bertz CT molecular complexity index is 622. The third-order valence-electron chi connectivity index (χ3n) is 7.29. The molecule has 0 aromatic rings. The molecular formula is C29H55N3O4. The van der Waals surface area contributed by atoms with E-state index in [4.69, 9.17) is 20.9 Å². The number of guanidine groups is 1. The maximum absolute atomic E-state index is 12.8. The second-order valence-electron chi connectivity index (χ2n) is 10.7. The molecule has 1 heterocycles. The van der Waals surface area contributed by atoms with Crippen molar-refractivity contribution in [3.63, 3.8) is 0 Å². The van der Waals surface area contributed by atoms with Crippen molar-refractivity contribution in [3.8, 4) is 0 Å². The lowest BCUT2D eigenvalue weighted by molar-refractivity contribution is -0.190. The zero-order valence-corrected chi connectivity index (χ0v) is 23.5. The van der Waals surface area contributed by atoms with E-state index in [1.807, 2.05) is 6.92 Å². The number of nitrogens with two attached hydrogens (primary N) is 2. The fourth-order valence-electron chi connectivity index (χ4n) is 4.88. The Morgan fingerprint density at radius 1 is 0.889 bits per heavy atom. The predicted octanol–water partition coefficient (Wildman–Crippen LogP) is 6.41. The van der Waals surface area contributed by atoms with E-state index >= 15 is 0 Å². The Balaban J connectivity index is 2.50. The van der Waals surface area contributed by atoms with Gasteiger partial charge in [-0.2, -0.15) is 0 Å². The SMILES string of the molecule is CCCCCCCCCCC[C@@H](C[C@@H]1OC(=O)[C@H]1CCCCCC)OC(=O)[C@@H](C)CCCN=C(N)N. The summed E-state index contributed by atoms with van der Waals surface area (Å²) in [5.41, 5.74) is 10.7. The summed E-state index contributed by atoms with van der Waals surface area (Å²) >= 11 is 0. The largest absolute Gasteiger partial charge is 0.462 e. The van der Waals surface area contributed by atoms with Gasteiger partial charge in [-0.05, 0) is 32.1 Å². The molecule has 0 aromatic carbocycles. The third kappa shape index (κ3) is 14.7. The zero-order valence-electron chi connectivity index (χ0n) is 23.5. The Morgan fingerprint density at radius 2 is 1.47 bits per heavy atom. The lowest BCUT2D eigenvalue weighted by Gasteiger charge is -2.37. The minimum Gasteiger partial charge on any atom is -0.462 e. The molecule has 0 aliphatic carbocycles. The summed E-state index contributed by atoms with van der Waals surface area (Å²) in [4.78, 5) is 28.9. The van der Waals surface area contributed by atoms with E-state index < -0.39 is 0 Å². The zero-order chi connectivity index (χ0) is 26.6. The number of carbonyl (C=O) groups excluding carboxylic acids is 2. The van der Waals surface area contributed by atoms with Crippen molar-refractivity contribution in [2.24, 2.45) is 28.3 Å². The summed E-state index contributed by atoms with van der Waals surface area (Å²) in [6.45, 7) is 6.84. The van der Waals surface area contributed by atoms with Gasteiger partial charge in [0.15, 0.2) is 5.96 Å². The molecule has 0 amide bonds. The average molecular weight is 510 g/mol. The lowest BCUT2D eigenvalue weighted by Crippen LogP contribution is -2.47. The van der Waals surface area contributed by atoms with E-state index in [1.165, 1.54) is 57.8 Å². The molecule has 210 valence electrons. The molecule has 7 nitrogen and oxygen atoms in total. The second kappa shape index (κ2) is 20.3. The third-order valence-corrected chi connectivity index (χ3v) is 7.29. The van der Waals surface area contributed by atoms with Crippen LogP contribution in [0.3, 0.4) is 0 Å². The highest BCUT2D eigenvalue weighted by molar-refractivity contribution is 5.78. The topological polar surface area (TPSA) is 117 Å². The molecule has 1 fully saturated rings. The number of unbranched alkanes of at least 4 members (excludes halogenated alkanes) is 11. The van der Waals surface area contributed by atoms with E-state index in [1.54, 1.807) is 0 Å². The number of cyclic esters (lactones) is 1. The van der Waals surface area contributed by atoms with Crippen molar-refractivity contribution >= 4 is 17.9 Å². The number of rotatable bonds is 23. The predicted molar refractivity (Wildman–Crippen MR) is 148 cm³/mol. The number of nitrogens with zero attached hydrogens (tertiary/aromatic N) is 1. The number of ether oxygens (including phenoxy) is 2. The summed E-state index contributed by atoms with van der Waals surface area (Å²) in [6, 6.07) is 0. The van der Waals surface area contributed by atoms with Crippen molar-refractivity contribution in [2.75, 3.05) is 6.54 Å².